The van der Waals surface area contributed by atoms with Crippen LogP contribution in [0.2, 0.25) is 0 Å². The molecule has 7 heteroatoms. The van der Waals surface area contributed by atoms with Crippen LogP contribution in [0.25, 0.3) is 0 Å². The molecule has 2 aromatic carbocycles. The van der Waals surface area contributed by atoms with Gasteiger partial charge in [0.15, 0.2) is 0 Å². The molecule has 0 aliphatic carbocycles. The third-order valence-corrected chi connectivity index (χ3v) is 6.76. The molecule has 0 bridgehead atoms. The lowest BCUT2D eigenvalue weighted by molar-refractivity contribution is 0.0953. The standard InChI is InChI=1S/C21H27N3O3S/c1-2-23(19-10-4-3-5-11-19)14-7-13-22-21(25)18-9-6-12-20(17-18)24-15-8-16-28(24,26)27/h3-6,9-12,17H,2,7-8,13-16H2,1H3,(H,22,25). The highest BCUT2D eigenvalue weighted by molar-refractivity contribution is 7.93. The maximum absolute atomic E-state index is 12.5. The number of nitrogens with zero attached hydrogens (tertiary/aromatic N) is 2. The van der Waals surface area contributed by atoms with E-state index in [0.717, 1.165) is 19.5 Å². The van der Waals surface area contributed by atoms with Gasteiger partial charge < -0.3 is 10.2 Å². The molecule has 1 amide bonds. The highest BCUT2D eigenvalue weighted by Gasteiger charge is 2.28. The minimum atomic E-state index is -3.25. The summed E-state index contributed by atoms with van der Waals surface area (Å²) in [6.07, 6.45) is 1.45. The summed E-state index contributed by atoms with van der Waals surface area (Å²) < 4.78 is 25.6. The molecule has 2 aromatic rings. The summed E-state index contributed by atoms with van der Waals surface area (Å²) in [5.41, 5.74) is 2.22. The number of carbonyl (C=O) groups excluding carboxylic acids is 1. The van der Waals surface area contributed by atoms with E-state index in [0.29, 0.717) is 30.8 Å². The van der Waals surface area contributed by atoms with Crippen molar-refractivity contribution in [3.05, 3.63) is 60.2 Å². The Balaban J connectivity index is 1.53. The minimum Gasteiger partial charge on any atom is -0.372 e. The fourth-order valence-corrected chi connectivity index (χ4v) is 4.97. The van der Waals surface area contributed by atoms with Gasteiger partial charge in [-0.25, -0.2) is 8.42 Å². The SMILES string of the molecule is CCN(CCCNC(=O)c1cccc(N2CCCS2(=O)=O)c1)c1ccccc1. The first-order valence-corrected chi connectivity index (χ1v) is 11.3. The summed E-state index contributed by atoms with van der Waals surface area (Å²) in [5.74, 6) is -0.0140. The molecule has 0 atom stereocenters. The molecule has 1 aliphatic heterocycles. The lowest BCUT2D eigenvalue weighted by Gasteiger charge is -2.23. The number of sulfonamides is 1. The second kappa shape index (κ2) is 9.10. The fraction of sp³-hybridized carbons (Fsp3) is 0.381. The predicted molar refractivity (Wildman–Crippen MR) is 113 cm³/mol. The lowest BCUT2D eigenvalue weighted by Crippen LogP contribution is -2.30. The number of hydrogen-bond acceptors (Lipinski definition) is 4. The van der Waals surface area contributed by atoms with Crippen LogP contribution < -0.4 is 14.5 Å². The smallest absolute Gasteiger partial charge is 0.251 e. The quantitative estimate of drug-likeness (QED) is 0.691. The largest absolute Gasteiger partial charge is 0.372 e. The lowest BCUT2D eigenvalue weighted by atomic mass is 10.2. The van der Waals surface area contributed by atoms with Crippen molar-refractivity contribution in [3.63, 3.8) is 0 Å². The van der Waals surface area contributed by atoms with E-state index in [9.17, 15) is 13.2 Å². The van der Waals surface area contributed by atoms with E-state index in [1.165, 1.54) is 9.99 Å². The molecule has 0 radical (unpaired) electrons. The van der Waals surface area contributed by atoms with Crippen molar-refractivity contribution in [2.45, 2.75) is 19.8 Å². The van der Waals surface area contributed by atoms with E-state index in [1.54, 1.807) is 24.3 Å². The highest BCUT2D eigenvalue weighted by Crippen LogP contribution is 2.24. The van der Waals surface area contributed by atoms with Crippen LogP contribution >= 0.6 is 0 Å². The van der Waals surface area contributed by atoms with E-state index < -0.39 is 10.0 Å². The van der Waals surface area contributed by atoms with Gasteiger partial charge in [0.25, 0.3) is 5.91 Å². The van der Waals surface area contributed by atoms with Crippen molar-refractivity contribution < 1.29 is 13.2 Å². The number of carbonyl (C=O) groups is 1. The molecule has 1 N–H and O–H groups in total. The third kappa shape index (κ3) is 4.84. The molecule has 28 heavy (non-hydrogen) atoms. The zero-order chi connectivity index (χ0) is 20.0. The molecule has 0 aromatic heterocycles. The first-order valence-electron chi connectivity index (χ1n) is 9.70. The number of nitrogens with one attached hydrogen (secondary N) is 1. The Kier molecular flexibility index (Phi) is 6.57. The Morgan fingerprint density at radius 1 is 1.14 bits per heavy atom. The van der Waals surface area contributed by atoms with E-state index in [1.807, 2.05) is 18.2 Å². The summed E-state index contributed by atoms with van der Waals surface area (Å²) in [5, 5.41) is 2.93. The second-order valence-corrected chi connectivity index (χ2v) is 8.83. The maximum atomic E-state index is 12.5. The van der Waals surface area contributed by atoms with E-state index >= 15 is 0 Å². The monoisotopic (exact) mass is 401 g/mol. The molecule has 1 saturated heterocycles. The fourth-order valence-electron chi connectivity index (χ4n) is 3.41. The number of anilines is 2. The molecule has 0 spiro atoms. The third-order valence-electron chi connectivity index (χ3n) is 4.89. The van der Waals surface area contributed by atoms with Gasteiger partial charge in [-0.05, 0) is 50.1 Å². The first kappa shape index (κ1) is 20.2. The molecule has 1 fully saturated rings. The van der Waals surface area contributed by atoms with Crippen molar-refractivity contribution in [1.82, 2.24) is 5.32 Å². The molecular formula is C21H27N3O3S. The summed E-state index contributed by atoms with van der Waals surface area (Å²) >= 11 is 0. The Hall–Kier alpha value is -2.54. The molecular weight excluding hydrogens is 374 g/mol. The number of benzene rings is 2. The molecule has 150 valence electrons. The second-order valence-electron chi connectivity index (χ2n) is 6.82. The van der Waals surface area contributed by atoms with Gasteiger partial charge in [0.1, 0.15) is 0 Å². The molecule has 1 heterocycles. The normalized spacial score (nSPS) is 15.4. The predicted octanol–water partition coefficient (Wildman–Crippen LogP) is 2.87. The van der Waals surface area contributed by atoms with Crippen LogP contribution in [0, 0.1) is 0 Å². The van der Waals surface area contributed by atoms with E-state index in [-0.39, 0.29) is 11.7 Å². The first-order chi connectivity index (χ1) is 13.5. The van der Waals surface area contributed by atoms with Gasteiger partial charge >= 0.3 is 0 Å². The van der Waals surface area contributed by atoms with Crippen LogP contribution in [0.1, 0.15) is 30.1 Å². The summed E-state index contributed by atoms with van der Waals surface area (Å²) in [6, 6.07) is 17.0. The Bertz CT molecular complexity index is 900. The average Bonchev–Trinajstić information content (AvgIpc) is 3.07. The molecule has 0 unspecified atom stereocenters. The molecule has 1 aliphatic rings. The van der Waals surface area contributed by atoms with Crippen LogP contribution in [0.15, 0.2) is 54.6 Å². The molecule has 6 nitrogen and oxygen atoms in total. The van der Waals surface area contributed by atoms with Gasteiger partial charge in [-0.2, -0.15) is 0 Å². The van der Waals surface area contributed by atoms with Crippen molar-refractivity contribution in [1.29, 1.82) is 0 Å². The van der Waals surface area contributed by atoms with Gasteiger partial charge in [0, 0.05) is 37.4 Å². The average molecular weight is 402 g/mol. The van der Waals surface area contributed by atoms with Crippen LogP contribution in [-0.2, 0) is 10.0 Å². The topological polar surface area (TPSA) is 69.7 Å². The summed E-state index contributed by atoms with van der Waals surface area (Å²) in [4.78, 5) is 14.7. The van der Waals surface area contributed by atoms with Crippen LogP contribution in [0.3, 0.4) is 0 Å². The Morgan fingerprint density at radius 3 is 2.61 bits per heavy atom. The number of rotatable bonds is 8. The van der Waals surface area contributed by atoms with Crippen LogP contribution in [-0.4, -0.2) is 46.3 Å². The van der Waals surface area contributed by atoms with Gasteiger partial charge in [-0.1, -0.05) is 24.3 Å². The van der Waals surface area contributed by atoms with E-state index in [4.69, 9.17) is 0 Å². The zero-order valence-corrected chi connectivity index (χ0v) is 17.0. The van der Waals surface area contributed by atoms with Gasteiger partial charge in [-0.15, -0.1) is 0 Å². The van der Waals surface area contributed by atoms with Crippen molar-refractivity contribution >= 4 is 27.3 Å². The Labute approximate surface area is 167 Å². The molecule has 3 rings (SSSR count). The van der Waals surface area contributed by atoms with Crippen molar-refractivity contribution in [2.75, 3.05) is 41.1 Å². The summed E-state index contributed by atoms with van der Waals surface area (Å²) in [6.45, 7) is 4.91. The minimum absolute atomic E-state index is 0.165. The van der Waals surface area contributed by atoms with Gasteiger partial charge in [-0.3, -0.25) is 9.10 Å². The number of hydrogen-bond donors (Lipinski definition) is 1. The van der Waals surface area contributed by atoms with Crippen LogP contribution in [0.4, 0.5) is 11.4 Å². The van der Waals surface area contributed by atoms with Crippen molar-refractivity contribution in [2.24, 2.45) is 0 Å². The Morgan fingerprint density at radius 2 is 1.93 bits per heavy atom. The highest BCUT2D eigenvalue weighted by atomic mass is 32.2. The zero-order valence-electron chi connectivity index (χ0n) is 16.2. The van der Waals surface area contributed by atoms with E-state index in [2.05, 4.69) is 29.3 Å². The van der Waals surface area contributed by atoms with Gasteiger partial charge in [0.2, 0.25) is 10.0 Å². The van der Waals surface area contributed by atoms with Gasteiger partial charge in [0.05, 0.1) is 11.4 Å². The number of para-hydroxylation sites is 1. The summed E-state index contributed by atoms with van der Waals surface area (Å²) in [7, 11) is -3.25. The van der Waals surface area contributed by atoms with Crippen molar-refractivity contribution in [3.8, 4) is 0 Å². The van der Waals surface area contributed by atoms with Crippen LogP contribution in [0.5, 0.6) is 0 Å². The molecule has 0 saturated carbocycles. The maximum Gasteiger partial charge on any atom is 0.251 e. The number of amides is 1.